The lowest BCUT2D eigenvalue weighted by atomic mass is 9.96. The van der Waals surface area contributed by atoms with E-state index in [1.807, 2.05) is 30.3 Å². The molecule has 0 radical (unpaired) electrons. The zero-order valence-corrected chi connectivity index (χ0v) is 12.1. The van der Waals surface area contributed by atoms with Gasteiger partial charge < -0.3 is 4.74 Å². The van der Waals surface area contributed by atoms with E-state index in [2.05, 4.69) is 18.0 Å². The molecule has 2 rings (SSSR count). The number of methoxy groups -OCH3 is 1. The Morgan fingerprint density at radius 2 is 2.05 bits per heavy atom. The molecule has 0 saturated carbocycles. The predicted molar refractivity (Wildman–Crippen MR) is 80.5 cm³/mol. The molecule has 0 N–H and O–H groups in total. The summed E-state index contributed by atoms with van der Waals surface area (Å²) in [6.45, 7) is 2.13. The van der Waals surface area contributed by atoms with Crippen molar-refractivity contribution in [2.75, 3.05) is 7.11 Å². The van der Waals surface area contributed by atoms with Gasteiger partial charge in [-0.05, 0) is 18.6 Å². The van der Waals surface area contributed by atoms with Gasteiger partial charge in [0.1, 0.15) is 0 Å². The van der Waals surface area contributed by atoms with Crippen molar-refractivity contribution in [3.63, 3.8) is 0 Å². The molecule has 1 aromatic heterocycles. The molecule has 0 amide bonds. The summed E-state index contributed by atoms with van der Waals surface area (Å²) in [5.74, 6) is -0.220. The van der Waals surface area contributed by atoms with Gasteiger partial charge in [0.05, 0.1) is 18.5 Å². The zero-order chi connectivity index (χ0) is 14.4. The maximum atomic E-state index is 11.8. The Bertz CT molecular complexity index is 580. The summed E-state index contributed by atoms with van der Waals surface area (Å²) in [7, 11) is 1.45. The van der Waals surface area contributed by atoms with Crippen LogP contribution in [0, 0.1) is 5.92 Å². The maximum absolute atomic E-state index is 11.8. The molecule has 0 aliphatic rings. The van der Waals surface area contributed by atoms with Gasteiger partial charge in [-0.25, -0.2) is 0 Å². The van der Waals surface area contributed by atoms with Crippen LogP contribution >= 0.6 is 0 Å². The second-order valence-corrected chi connectivity index (χ2v) is 5.06. The lowest BCUT2D eigenvalue weighted by Gasteiger charge is -2.14. The number of pyridine rings is 1. The monoisotopic (exact) mass is 271 g/mol. The van der Waals surface area contributed by atoms with Gasteiger partial charge in [0.25, 0.3) is 0 Å². The summed E-state index contributed by atoms with van der Waals surface area (Å²) < 4.78 is 4.90. The number of aromatic nitrogens is 1. The highest BCUT2D eigenvalue weighted by Crippen LogP contribution is 2.18. The summed E-state index contributed by atoms with van der Waals surface area (Å²) in [6.07, 6.45) is 3.63. The second-order valence-electron chi connectivity index (χ2n) is 5.06. The zero-order valence-electron chi connectivity index (χ0n) is 12.1. The fourth-order valence-electron chi connectivity index (χ4n) is 2.39. The van der Waals surface area contributed by atoms with Gasteiger partial charge in [0.15, 0.2) is 0 Å². The summed E-state index contributed by atoms with van der Waals surface area (Å²) in [5, 5.41) is 1.12. The number of rotatable bonds is 6. The van der Waals surface area contributed by atoms with Crippen LogP contribution < -0.4 is 0 Å². The maximum Gasteiger partial charge on any atom is 0.309 e. The van der Waals surface area contributed by atoms with Crippen LogP contribution in [0.4, 0.5) is 0 Å². The number of nitrogens with zero attached hydrogens (tertiary/aromatic N) is 1. The molecule has 2 aromatic rings. The van der Waals surface area contributed by atoms with Crippen LogP contribution in [0.3, 0.4) is 0 Å². The van der Waals surface area contributed by atoms with Crippen molar-refractivity contribution < 1.29 is 9.53 Å². The smallest absolute Gasteiger partial charge is 0.309 e. The van der Waals surface area contributed by atoms with E-state index >= 15 is 0 Å². The number of hydrogen-bond donors (Lipinski definition) is 0. The Morgan fingerprint density at radius 1 is 1.25 bits per heavy atom. The average molecular weight is 271 g/mol. The van der Waals surface area contributed by atoms with E-state index in [1.165, 1.54) is 7.11 Å². The lowest BCUT2D eigenvalue weighted by molar-refractivity contribution is -0.145. The molecular formula is C17H21NO2. The highest BCUT2D eigenvalue weighted by atomic mass is 16.5. The van der Waals surface area contributed by atoms with E-state index in [1.54, 1.807) is 0 Å². The first-order valence-corrected chi connectivity index (χ1v) is 7.17. The first kappa shape index (κ1) is 14.5. The molecule has 3 heteroatoms. The molecule has 0 spiro atoms. The minimum atomic E-state index is -0.131. The first-order valence-electron chi connectivity index (χ1n) is 7.17. The van der Waals surface area contributed by atoms with Crippen molar-refractivity contribution in [2.24, 2.45) is 5.92 Å². The summed E-state index contributed by atoms with van der Waals surface area (Å²) >= 11 is 0. The third-order valence-corrected chi connectivity index (χ3v) is 3.55. The van der Waals surface area contributed by atoms with Gasteiger partial charge in [0, 0.05) is 17.5 Å². The van der Waals surface area contributed by atoms with Gasteiger partial charge in [-0.2, -0.15) is 0 Å². The fourth-order valence-corrected chi connectivity index (χ4v) is 2.39. The van der Waals surface area contributed by atoms with Crippen molar-refractivity contribution in [2.45, 2.75) is 32.6 Å². The molecule has 0 bridgehead atoms. The number of esters is 1. The van der Waals surface area contributed by atoms with Gasteiger partial charge in [-0.15, -0.1) is 0 Å². The summed E-state index contributed by atoms with van der Waals surface area (Å²) in [6, 6.07) is 12.1. The van der Waals surface area contributed by atoms with E-state index < -0.39 is 0 Å². The highest BCUT2D eigenvalue weighted by molar-refractivity contribution is 5.78. The van der Waals surface area contributed by atoms with Crippen molar-refractivity contribution in [1.82, 2.24) is 4.98 Å². The Balaban J connectivity index is 2.16. The minimum Gasteiger partial charge on any atom is -0.469 e. The van der Waals surface area contributed by atoms with Crippen LogP contribution in [-0.2, 0) is 16.0 Å². The molecule has 3 nitrogen and oxygen atoms in total. The van der Waals surface area contributed by atoms with Crippen molar-refractivity contribution >= 4 is 16.9 Å². The summed E-state index contributed by atoms with van der Waals surface area (Å²) in [5.41, 5.74) is 1.93. The summed E-state index contributed by atoms with van der Waals surface area (Å²) in [4.78, 5) is 16.5. The van der Waals surface area contributed by atoms with Crippen LogP contribution in [0.1, 0.15) is 31.9 Å². The van der Waals surface area contributed by atoms with E-state index in [4.69, 9.17) is 4.74 Å². The Labute approximate surface area is 120 Å². The van der Waals surface area contributed by atoms with Crippen molar-refractivity contribution in [3.8, 4) is 0 Å². The minimum absolute atomic E-state index is 0.0892. The van der Waals surface area contributed by atoms with E-state index in [9.17, 15) is 4.79 Å². The average Bonchev–Trinajstić information content (AvgIpc) is 2.50. The Morgan fingerprint density at radius 3 is 2.80 bits per heavy atom. The Hall–Kier alpha value is -1.90. The molecule has 106 valence electrons. The lowest BCUT2D eigenvalue weighted by Crippen LogP contribution is -2.19. The van der Waals surface area contributed by atoms with E-state index in [0.717, 1.165) is 35.9 Å². The number of ether oxygens (including phenoxy) is 1. The fraction of sp³-hybridized carbons (Fsp3) is 0.412. The molecule has 0 saturated heterocycles. The largest absolute Gasteiger partial charge is 0.469 e. The van der Waals surface area contributed by atoms with Crippen molar-refractivity contribution in [1.29, 1.82) is 0 Å². The number of unbranched alkanes of at least 4 members (excludes halogenated alkanes) is 1. The number of hydrogen-bond acceptors (Lipinski definition) is 3. The number of carbonyl (C=O) groups is 1. The molecule has 1 atom stereocenters. The normalized spacial score (nSPS) is 12.3. The number of carbonyl (C=O) groups excluding carboxylic acids is 1. The van der Waals surface area contributed by atoms with Gasteiger partial charge in [-0.1, -0.05) is 44.0 Å². The van der Waals surface area contributed by atoms with E-state index in [0.29, 0.717) is 6.42 Å². The molecule has 1 heterocycles. The SMILES string of the molecule is CCCCC(Cc1ccc2ccccc2n1)C(=O)OC. The standard InChI is InChI=1S/C17H21NO2/c1-3-4-7-14(17(19)20-2)12-15-11-10-13-8-5-6-9-16(13)18-15/h5-6,8-11,14H,3-4,7,12H2,1-2H3. The molecule has 20 heavy (non-hydrogen) atoms. The predicted octanol–water partition coefficient (Wildman–Crippen LogP) is 3.76. The van der Waals surface area contributed by atoms with Crippen LogP contribution in [0.5, 0.6) is 0 Å². The highest BCUT2D eigenvalue weighted by Gasteiger charge is 2.19. The topological polar surface area (TPSA) is 39.2 Å². The third-order valence-electron chi connectivity index (χ3n) is 3.55. The molecule has 0 aliphatic heterocycles. The van der Waals surface area contributed by atoms with Gasteiger partial charge in [-0.3, -0.25) is 9.78 Å². The molecular weight excluding hydrogens is 250 g/mol. The van der Waals surface area contributed by atoms with Crippen LogP contribution in [0.25, 0.3) is 10.9 Å². The van der Waals surface area contributed by atoms with Crippen LogP contribution in [0.15, 0.2) is 36.4 Å². The number of para-hydroxylation sites is 1. The molecule has 0 aliphatic carbocycles. The van der Waals surface area contributed by atoms with Crippen molar-refractivity contribution in [3.05, 3.63) is 42.1 Å². The molecule has 1 unspecified atom stereocenters. The first-order chi connectivity index (χ1) is 9.74. The third kappa shape index (κ3) is 3.56. The van der Waals surface area contributed by atoms with E-state index in [-0.39, 0.29) is 11.9 Å². The molecule has 1 aromatic carbocycles. The Kier molecular flexibility index (Phi) is 5.10. The second kappa shape index (κ2) is 7.04. The quantitative estimate of drug-likeness (QED) is 0.751. The van der Waals surface area contributed by atoms with Gasteiger partial charge >= 0.3 is 5.97 Å². The molecule has 0 fully saturated rings. The van der Waals surface area contributed by atoms with Gasteiger partial charge in [0.2, 0.25) is 0 Å². The number of fused-ring (bicyclic) bond motifs is 1. The number of benzene rings is 1. The van der Waals surface area contributed by atoms with Crippen LogP contribution in [-0.4, -0.2) is 18.1 Å². The van der Waals surface area contributed by atoms with Crippen LogP contribution in [0.2, 0.25) is 0 Å².